The number of nitrogens with zero attached hydrogens (tertiary/aromatic N) is 3. The normalized spacial score (nSPS) is 10.9. The largest absolute Gasteiger partial charge is 0.508 e. The van der Waals surface area contributed by atoms with Crippen molar-refractivity contribution in [3.63, 3.8) is 0 Å². The maximum absolute atomic E-state index is 9.48. The van der Waals surface area contributed by atoms with Crippen molar-refractivity contribution in [2.24, 2.45) is 7.05 Å². The van der Waals surface area contributed by atoms with Gasteiger partial charge in [0.25, 0.3) is 0 Å². The molecule has 0 aliphatic heterocycles. The zero-order valence-electron chi connectivity index (χ0n) is 13.1. The van der Waals surface area contributed by atoms with Crippen LogP contribution in [0.5, 0.6) is 5.75 Å². The molecule has 4 aromatic rings. The van der Waals surface area contributed by atoms with Crippen LogP contribution in [0.4, 0.5) is 11.5 Å². The van der Waals surface area contributed by atoms with Crippen LogP contribution in [-0.2, 0) is 7.05 Å². The Morgan fingerprint density at radius 3 is 2.46 bits per heavy atom. The summed E-state index contributed by atoms with van der Waals surface area (Å²) in [5, 5.41) is 13.8. The summed E-state index contributed by atoms with van der Waals surface area (Å²) in [6.07, 6.45) is 1.56. The minimum atomic E-state index is 0.253. The van der Waals surface area contributed by atoms with E-state index >= 15 is 0 Å². The molecule has 5 nitrogen and oxygen atoms in total. The molecule has 2 aromatic carbocycles. The maximum Gasteiger partial charge on any atom is 0.145 e. The predicted molar refractivity (Wildman–Crippen MR) is 95.3 cm³/mol. The van der Waals surface area contributed by atoms with Crippen molar-refractivity contribution in [2.45, 2.75) is 0 Å². The molecule has 0 radical (unpaired) electrons. The molecule has 118 valence electrons. The van der Waals surface area contributed by atoms with Crippen molar-refractivity contribution < 1.29 is 5.11 Å². The smallest absolute Gasteiger partial charge is 0.145 e. The third kappa shape index (κ3) is 2.46. The SMILES string of the molecule is Cn1c(-c2ccc(O)cc2)cc2c(Nc3ccccc3)ncnc21. The lowest BCUT2D eigenvalue weighted by Gasteiger charge is -2.06. The highest BCUT2D eigenvalue weighted by atomic mass is 16.3. The first-order valence-electron chi connectivity index (χ1n) is 7.64. The van der Waals surface area contributed by atoms with Gasteiger partial charge in [-0.25, -0.2) is 9.97 Å². The average molecular weight is 316 g/mol. The Labute approximate surface area is 139 Å². The number of rotatable bonds is 3. The minimum Gasteiger partial charge on any atom is -0.508 e. The number of fused-ring (bicyclic) bond motifs is 1. The number of aryl methyl sites for hydroxylation is 1. The first-order valence-corrected chi connectivity index (χ1v) is 7.64. The van der Waals surface area contributed by atoms with E-state index < -0.39 is 0 Å². The van der Waals surface area contributed by atoms with E-state index in [2.05, 4.69) is 21.4 Å². The quantitative estimate of drug-likeness (QED) is 0.598. The highest BCUT2D eigenvalue weighted by Gasteiger charge is 2.13. The fourth-order valence-corrected chi connectivity index (χ4v) is 2.80. The van der Waals surface area contributed by atoms with Crippen LogP contribution in [0, 0.1) is 0 Å². The fourth-order valence-electron chi connectivity index (χ4n) is 2.80. The van der Waals surface area contributed by atoms with Crippen LogP contribution in [0.25, 0.3) is 22.3 Å². The van der Waals surface area contributed by atoms with Crippen molar-refractivity contribution in [1.29, 1.82) is 0 Å². The van der Waals surface area contributed by atoms with E-state index in [9.17, 15) is 5.11 Å². The van der Waals surface area contributed by atoms with E-state index in [0.29, 0.717) is 0 Å². The Bertz CT molecular complexity index is 991. The third-order valence-electron chi connectivity index (χ3n) is 4.02. The Balaban J connectivity index is 1.83. The van der Waals surface area contributed by atoms with Gasteiger partial charge >= 0.3 is 0 Å². The van der Waals surface area contributed by atoms with E-state index in [-0.39, 0.29) is 5.75 Å². The number of benzene rings is 2. The lowest BCUT2D eigenvalue weighted by Crippen LogP contribution is -1.97. The lowest BCUT2D eigenvalue weighted by atomic mass is 10.1. The van der Waals surface area contributed by atoms with Gasteiger partial charge in [-0.3, -0.25) is 0 Å². The molecule has 0 saturated heterocycles. The summed E-state index contributed by atoms with van der Waals surface area (Å²) in [6, 6.07) is 19.1. The van der Waals surface area contributed by atoms with Crippen molar-refractivity contribution in [2.75, 3.05) is 5.32 Å². The summed E-state index contributed by atoms with van der Waals surface area (Å²) < 4.78 is 2.03. The van der Waals surface area contributed by atoms with Gasteiger partial charge in [0.2, 0.25) is 0 Å². The number of anilines is 2. The Morgan fingerprint density at radius 1 is 0.958 bits per heavy atom. The number of aromatic nitrogens is 3. The lowest BCUT2D eigenvalue weighted by molar-refractivity contribution is 0.475. The van der Waals surface area contributed by atoms with E-state index in [1.54, 1.807) is 18.5 Å². The Hall–Kier alpha value is -3.34. The Kier molecular flexibility index (Phi) is 3.39. The van der Waals surface area contributed by atoms with Crippen molar-refractivity contribution in [3.8, 4) is 17.0 Å². The topological polar surface area (TPSA) is 63.0 Å². The van der Waals surface area contributed by atoms with Gasteiger partial charge in [0.05, 0.1) is 11.1 Å². The summed E-state index contributed by atoms with van der Waals surface area (Å²) in [7, 11) is 1.98. The second-order valence-electron chi connectivity index (χ2n) is 5.59. The van der Waals surface area contributed by atoms with Crippen LogP contribution in [-0.4, -0.2) is 19.6 Å². The maximum atomic E-state index is 9.48. The molecule has 5 heteroatoms. The zero-order chi connectivity index (χ0) is 16.5. The van der Waals surface area contributed by atoms with Crippen molar-refractivity contribution in [3.05, 3.63) is 67.0 Å². The van der Waals surface area contributed by atoms with Gasteiger partial charge in [0.1, 0.15) is 23.5 Å². The van der Waals surface area contributed by atoms with Crippen molar-refractivity contribution >= 4 is 22.5 Å². The number of nitrogens with one attached hydrogen (secondary N) is 1. The molecule has 0 spiro atoms. The van der Waals surface area contributed by atoms with Gasteiger partial charge in [-0.15, -0.1) is 0 Å². The van der Waals surface area contributed by atoms with Crippen molar-refractivity contribution in [1.82, 2.24) is 14.5 Å². The molecule has 4 rings (SSSR count). The summed E-state index contributed by atoms with van der Waals surface area (Å²) in [4.78, 5) is 8.80. The number of phenols is 1. The molecule has 0 amide bonds. The zero-order valence-corrected chi connectivity index (χ0v) is 13.1. The van der Waals surface area contributed by atoms with E-state index in [1.165, 1.54) is 0 Å². The first-order chi connectivity index (χ1) is 11.7. The molecule has 0 bridgehead atoms. The number of aromatic hydroxyl groups is 1. The summed E-state index contributed by atoms with van der Waals surface area (Å²) in [6.45, 7) is 0. The van der Waals surface area contributed by atoms with Crippen LogP contribution in [0.2, 0.25) is 0 Å². The summed E-state index contributed by atoms with van der Waals surface area (Å²) in [5.41, 5.74) is 3.86. The number of hydrogen-bond acceptors (Lipinski definition) is 4. The summed E-state index contributed by atoms with van der Waals surface area (Å²) in [5.74, 6) is 1.02. The molecule has 0 aliphatic carbocycles. The second kappa shape index (κ2) is 5.70. The van der Waals surface area contributed by atoms with Crippen LogP contribution in [0.15, 0.2) is 67.0 Å². The first kappa shape index (κ1) is 14.3. The van der Waals surface area contributed by atoms with Gasteiger partial charge in [0.15, 0.2) is 0 Å². The molecule has 2 N–H and O–H groups in total. The number of hydrogen-bond donors (Lipinski definition) is 2. The van der Waals surface area contributed by atoms with Crippen LogP contribution >= 0.6 is 0 Å². The van der Waals surface area contributed by atoms with E-state index in [4.69, 9.17) is 0 Å². The fraction of sp³-hybridized carbons (Fsp3) is 0.0526. The molecular formula is C19H16N4O. The van der Waals surface area contributed by atoms with Gasteiger partial charge in [0, 0.05) is 12.7 Å². The monoisotopic (exact) mass is 316 g/mol. The van der Waals surface area contributed by atoms with Crippen LogP contribution < -0.4 is 5.32 Å². The molecule has 0 unspecified atom stereocenters. The second-order valence-corrected chi connectivity index (χ2v) is 5.59. The molecular weight excluding hydrogens is 300 g/mol. The molecule has 0 saturated carbocycles. The van der Waals surface area contributed by atoms with Gasteiger partial charge in [-0.2, -0.15) is 0 Å². The average Bonchev–Trinajstić information content (AvgIpc) is 2.95. The number of para-hydroxylation sites is 1. The van der Waals surface area contributed by atoms with Crippen LogP contribution in [0.1, 0.15) is 0 Å². The highest BCUT2D eigenvalue weighted by molar-refractivity contribution is 5.93. The third-order valence-corrected chi connectivity index (χ3v) is 4.02. The molecule has 24 heavy (non-hydrogen) atoms. The van der Waals surface area contributed by atoms with Crippen LogP contribution in [0.3, 0.4) is 0 Å². The Morgan fingerprint density at radius 2 is 1.71 bits per heavy atom. The van der Waals surface area contributed by atoms with Gasteiger partial charge in [-0.1, -0.05) is 18.2 Å². The van der Waals surface area contributed by atoms with Gasteiger partial charge < -0.3 is 15.0 Å². The molecule has 0 fully saturated rings. The van der Waals surface area contributed by atoms with E-state index in [1.807, 2.05) is 54.1 Å². The highest BCUT2D eigenvalue weighted by Crippen LogP contribution is 2.31. The molecule has 0 atom stereocenters. The molecule has 2 heterocycles. The van der Waals surface area contributed by atoms with E-state index in [0.717, 1.165) is 33.8 Å². The molecule has 0 aliphatic rings. The predicted octanol–water partition coefficient (Wildman–Crippen LogP) is 4.08. The van der Waals surface area contributed by atoms with Gasteiger partial charge in [-0.05, 0) is 48.0 Å². The molecule has 2 aromatic heterocycles. The minimum absolute atomic E-state index is 0.253. The number of phenolic OH excluding ortho intramolecular Hbond substituents is 1. The standard InChI is InChI=1S/C19H16N4O/c1-23-17(13-7-9-15(24)10-8-13)11-16-18(20-12-21-19(16)23)22-14-5-3-2-4-6-14/h2-12,24H,1H3,(H,20,21,22). The summed E-state index contributed by atoms with van der Waals surface area (Å²) >= 11 is 0.